The maximum atomic E-state index is 12.2. The van der Waals surface area contributed by atoms with Gasteiger partial charge in [-0.05, 0) is 114 Å². The summed E-state index contributed by atoms with van der Waals surface area (Å²) in [4.78, 5) is 65.5. The largest absolute Gasteiger partial charge is 1.00 e. The first-order valence-electron chi connectivity index (χ1n) is 32.2. The standard InChI is InChI=1S/2C16H13N4O8S.3C11H25NO.Cr/c2*1-9(21)14(16(23)17-10-5-3-2-4-6-10)19-18-12-7-11(20(24)25)8-13(15(12)22)29(26,27)28;3*1-3-5-7-11(4-2)10-13-9-6-8-12;/h2*2-8,22H,1H3,(H,17,23)(H,26,27,28);3*11H,3-10,12H2,1-2H3;/q2*-1;;;;/p+3. The van der Waals surface area contributed by atoms with Crippen molar-refractivity contribution in [2.45, 2.75) is 161 Å². The second-order valence-electron chi connectivity index (χ2n) is 21.8. The number of ketones is 2. The number of Topliss-reactive ketones (excluding diaryl/α,β-unsaturated/α-hetero) is 2. The SMILES string of the molecule is CC(=O)[C-](N=Nc1cc([N+](=O)[O-])cc(S(=O)(=O)O)c1O)C(=O)Nc1ccccc1.CC(=O)[C-](N=Nc1cc([N+](=O)[O-])cc(S(=O)(=O)O)c1O)C(=O)Nc1ccccc1.CCCCC(CC)COCCCN.CCCCC(CC)COCCCN.CCCCC(CC)COCCCN.[Cr].[H+].[H+].[H+]. The Labute approximate surface area is 591 Å². The van der Waals surface area contributed by atoms with Gasteiger partial charge in [0.1, 0.15) is 33.0 Å². The van der Waals surface area contributed by atoms with Gasteiger partial charge in [-0.2, -0.15) is 27.1 Å². The first-order chi connectivity index (χ1) is 46.0. The van der Waals surface area contributed by atoms with Crippen LogP contribution in [0.25, 0.3) is 0 Å². The maximum Gasteiger partial charge on any atom is 1.00 e. The number of unbranched alkanes of at least 4 members (excludes halogenated alkanes) is 3. The minimum Gasteiger partial charge on any atom is -0.504 e. The average Bonchev–Trinajstić information content (AvgIpc) is 0.806. The predicted molar refractivity (Wildman–Crippen MR) is 373 cm³/mol. The van der Waals surface area contributed by atoms with Crippen molar-refractivity contribution in [3.05, 3.63) is 117 Å². The van der Waals surface area contributed by atoms with Crippen molar-refractivity contribution >= 4 is 77.7 Å². The van der Waals surface area contributed by atoms with Crippen LogP contribution >= 0.6 is 0 Å². The summed E-state index contributed by atoms with van der Waals surface area (Å²) in [5.41, 5.74) is 13.7. The number of nitrogens with zero attached hydrogens (tertiary/aromatic N) is 6. The summed E-state index contributed by atoms with van der Waals surface area (Å²) >= 11 is 0. The van der Waals surface area contributed by atoms with Gasteiger partial charge in [-0.1, -0.05) is 136 Å². The number of carbonyl (C=O) groups excluding carboxylic acids is 4. The number of phenolic OH excluding ortho intramolecular Hbond substituents is 2. The number of nitrogens with one attached hydrogen (secondary N) is 2. The van der Waals surface area contributed by atoms with Gasteiger partial charge < -0.3 is 81.7 Å². The molecule has 30 nitrogen and oxygen atoms in total. The molecule has 0 aliphatic rings. The van der Waals surface area contributed by atoms with E-state index in [1.807, 2.05) is 0 Å². The van der Waals surface area contributed by atoms with E-state index in [9.17, 15) is 66.5 Å². The van der Waals surface area contributed by atoms with Gasteiger partial charge in [0, 0.05) is 104 Å². The third-order valence-electron chi connectivity index (χ3n) is 13.9. The number of carbonyl (C=O) groups is 4. The molecule has 12 N–H and O–H groups in total. The van der Waals surface area contributed by atoms with E-state index in [1.165, 1.54) is 101 Å². The van der Waals surface area contributed by atoms with Crippen LogP contribution in [0.1, 0.15) is 156 Å². The van der Waals surface area contributed by atoms with Crippen LogP contribution in [0.5, 0.6) is 11.5 Å². The number of ether oxygens (including phenoxy) is 3. The molecule has 4 aromatic rings. The molecule has 2 amide bonds. The number of nitro benzene ring substituents is 2. The van der Waals surface area contributed by atoms with Gasteiger partial charge in [0.05, 0.1) is 9.85 Å². The van der Waals surface area contributed by atoms with E-state index in [1.54, 1.807) is 36.4 Å². The van der Waals surface area contributed by atoms with Gasteiger partial charge in [0.2, 0.25) is 0 Å². The monoisotopic (exact) mass is 1460 g/mol. The topological polar surface area (TPSA) is 483 Å². The first kappa shape index (κ1) is 92.7. The minimum atomic E-state index is -5.03. The molecule has 0 aliphatic carbocycles. The molecule has 3 atom stereocenters. The fourth-order valence-corrected chi connectivity index (χ4v) is 9.33. The summed E-state index contributed by atoms with van der Waals surface area (Å²) in [6.07, 6.45) is 18.5. The third kappa shape index (κ3) is 39.9. The van der Waals surface area contributed by atoms with Crippen molar-refractivity contribution in [2.75, 3.05) is 69.9 Å². The van der Waals surface area contributed by atoms with E-state index in [4.69, 9.17) is 40.5 Å². The van der Waals surface area contributed by atoms with E-state index < -0.39 is 110 Å². The van der Waals surface area contributed by atoms with Crippen molar-refractivity contribution in [2.24, 2.45) is 55.4 Å². The van der Waals surface area contributed by atoms with Crippen LogP contribution in [0.4, 0.5) is 34.1 Å². The van der Waals surface area contributed by atoms with Gasteiger partial charge in [0.25, 0.3) is 31.6 Å². The summed E-state index contributed by atoms with van der Waals surface area (Å²) in [6.45, 7) is 23.0. The van der Waals surface area contributed by atoms with Crippen LogP contribution in [0.2, 0.25) is 0 Å². The minimum absolute atomic E-state index is 0. The van der Waals surface area contributed by atoms with Crippen LogP contribution in [0.3, 0.4) is 0 Å². The van der Waals surface area contributed by atoms with Crippen LogP contribution < -0.4 is 27.8 Å². The molecule has 4 rings (SSSR count). The summed E-state index contributed by atoms with van der Waals surface area (Å²) in [5, 5.41) is 60.1. The molecule has 0 saturated carbocycles. The summed E-state index contributed by atoms with van der Waals surface area (Å²) in [6, 6.07) is 16.8. The summed E-state index contributed by atoms with van der Waals surface area (Å²) in [7, 11) is -10.1. The Morgan fingerprint density at radius 2 is 0.816 bits per heavy atom. The molecular formula is C65H104CrN11O19S2+. The molecule has 550 valence electrons. The molecule has 0 fully saturated rings. The Bertz CT molecular complexity index is 3040. The molecule has 0 spiro atoms. The Morgan fingerprint density at radius 3 is 1.04 bits per heavy atom. The number of nitrogens with two attached hydrogens (primary N) is 3. The molecule has 0 aliphatic heterocycles. The number of amides is 2. The predicted octanol–water partition coefficient (Wildman–Crippen LogP) is 12.8. The normalized spacial score (nSPS) is 11.9. The second kappa shape index (κ2) is 53.6. The molecule has 4 aromatic carbocycles. The van der Waals surface area contributed by atoms with Gasteiger partial charge in [0.15, 0.2) is 11.5 Å². The van der Waals surface area contributed by atoms with E-state index in [0.29, 0.717) is 35.6 Å². The number of hydrogen-bond donors (Lipinski definition) is 9. The van der Waals surface area contributed by atoms with Crippen molar-refractivity contribution in [1.82, 2.24) is 0 Å². The zero-order valence-electron chi connectivity index (χ0n) is 60.3. The average molecular weight is 1460 g/mol. The molecule has 33 heteroatoms. The van der Waals surface area contributed by atoms with E-state index >= 15 is 0 Å². The van der Waals surface area contributed by atoms with Crippen LogP contribution in [0, 0.1) is 50.1 Å². The fraction of sp³-hybridized carbons (Fsp3) is 0.538. The number of anilines is 2. The zero-order chi connectivity index (χ0) is 73.4. The summed E-state index contributed by atoms with van der Waals surface area (Å²) in [5.74, 6) is -3.54. The molecular weight excluding hydrogens is 1350 g/mol. The van der Waals surface area contributed by atoms with E-state index in [2.05, 4.69) is 72.6 Å². The molecule has 3 unspecified atom stereocenters. The van der Waals surface area contributed by atoms with Gasteiger partial charge >= 0.3 is 4.28 Å². The number of nitro groups is 2. The molecule has 0 radical (unpaired) electrons. The third-order valence-corrected chi connectivity index (χ3v) is 15.6. The zero-order valence-corrected chi connectivity index (χ0v) is 60.2. The van der Waals surface area contributed by atoms with Crippen LogP contribution in [-0.2, 0) is 71.0 Å². The van der Waals surface area contributed by atoms with E-state index in [0.717, 1.165) is 110 Å². The van der Waals surface area contributed by atoms with Gasteiger partial charge in [-0.3, -0.25) is 29.3 Å². The molecule has 0 bridgehead atoms. The number of benzene rings is 4. The molecule has 0 aromatic heterocycles. The number of para-hydroxylation sites is 2. The van der Waals surface area contributed by atoms with Gasteiger partial charge in [-0.15, -0.1) is 12.1 Å². The van der Waals surface area contributed by atoms with Crippen molar-refractivity contribution in [3.8, 4) is 11.5 Å². The molecule has 98 heavy (non-hydrogen) atoms. The molecule has 0 heterocycles. The van der Waals surface area contributed by atoms with Crippen molar-refractivity contribution in [3.63, 3.8) is 0 Å². The van der Waals surface area contributed by atoms with Crippen molar-refractivity contribution in [1.29, 1.82) is 0 Å². The number of hydrogen-bond acceptors (Lipinski definition) is 24. The Kier molecular flexibility index (Phi) is 50.7. The molecule has 0 saturated heterocycles. The smallest absolute Gasteiger partial charge is 0.504 e. The van der Waals surface area contributed by atoms with Gasteiger partial charge in [-0.25, -0.2) is 0 Å². The van der Waals surface area contributed by atoms with Crippen LogP contribution in [0.15, 0.2) is 115 Å². The maximum absolute atomic E-state index is 12.2. The fourth-order valence-electron chi connectivity index (χ4n) is 8.10. The number of azo groups is 2. The Balaban J connectivity index is -0.000000398. The quantitative estimate of drug-likeness (QED) is 0.00379. The Morgan fingerprint density at radius 1 is 0.531 bits per heavy atom. The van der Waals surface area contributed by atoms with Crippen molar-refractivity contribution < 1.29 is 101 Å². The van der Waals surface area contributed by atoms with Crippen LogP contribution in [-0.4, -0.2) is 129 Å². The number of aromatic hydroxyl groups is 2. The number of phenols is 2. The number of non-ortho nitro benzene ring substituents is 2. The number of rotatable bonds is 41. The Hall–Kier alpha value is -7.39. The summed E-state index contributed by atoms with van der Waals surface area (Å²) < 4.78 is 80.1. The van der Waals surface area contributed by atoms with E-state index in [-0.39, 0.29) is 21.6 Å². The first-order valence-corrected chi connectivity index (χ1v) is 35.1. The second-order valence-corrected chi connectivity index (χ2v) is 24.6.